The van der Waals surface area contributed by atoms with Gasteiger partial charge in [0.25, 0.3) is 0 Å². The lowest BCUT2D eigenvalue weighted by Gasteiger charge is -2.34. The fourth-order valence-electron chi connectivity index (χ4n) is 3.39. The van der Waals surface area contributed by atoms with Crippen LogP contribution >= 0.6 is 12.6 Å². The van der Waals surface area contributed by atoms with E-state index >= 15 is 0 Å². The molecule has 0 aliphatic rings. The summed E-state index contributed by atoms with van der Waals surface area (Å²) in [5.74, 6) is -0.732. The van der Waals surface area contributed by atoms with Gasteiger partial charge in [-0.05, 0) is 51.3 Å². The van der Waals surface area contributed by atoms with Crippen molar-refractivity contribution < 1.29 is 24.2 Å². The summed E-state index contributed by atoms with van der Waals surface area (Å²) in [7, 11) is 0. The normalized spacial score (nSPS) is 13.0. The number of ether oxygens (including phenoxy) is 1. The number of carbonyl (C=O) groups excluding carboxylic acids is 3. The van der Waals surface area contributed by atoms with E-state index < -0.39 is 29.7 Å². The van der Waals surface area contributed by atoms with Gasteiger partial charge in [0.15, 0.2) is 0 Å². The van der Waals surface area contributed by atoms with Gasteiger partial charge < -0.3 is 25.4 Å². The summed E-state index contributed by atoms with van der Waals surface area (Å²) >= 11 is 4.28. The first-order chi connectivity index (χ1) is 16.0. The average molecular weight is 496 g/mol. The zero-order chi connectivity index (χ0) is 25.7. The zero-order valence-electron chi connectivity index (χ0n) is 21.1. The highest BCUT2D eigenvalue weighted by Gasteiger charge is 2.35. The summed E-state index contributed by atoms with van der Waals surface area (Å²) in [6.45, 7) is 10.1. The van der Waals surface area contributed by atoms with Gasteiger partial charge in [-0.15, -0.1) is 0 Å². The Bertz CT molecular complexity index is 797. The quantitative estimate of drug-likeness (QED) is 0.242. The Labute approximate surface area is 209 Å². The molecule has 0 aromatic heterocycles. The fraction of sp³-hybridized carbons (Fsp3) is 0.640. The maximum Gasteiger partial charge on any atom is 0.408 e. The molecule has 0 aliphatic heterocycles. The number of hydrogen-bond acceptors (Lipinski definition) is 6. The van der Waals surface area contributed by atoms with Gasteiger partial charge in [0.05, 0.1) is 0 Å². The molecular weight excluding hydrogens is 454 g/mol. The number of aromatic hydroxyl groups is 1. The van der Waals surface area contributed by atoms with Crippen molar-refractivity contribution in [1.82, 2.24) is 15.5 Å². The highest BCUT2D eigenvalue weighted by Crippen LogP contribution is 2.26. The van der Waals surface area contributed by atoms with Gasteiger partial charge in [-0.1, -0.05) is 45.2 Å². The molecule has 3 amide bonds. The minimum absolute atomic E-state index is 0.00226. The standard InChI is InChI=1S/C25H41N3O5S/c1-6-8-10-15-28(23(31)20(17-34)27-24(32)33-25(3,4)5)21(22(30)26-14-9-7-2)18-12-11-13-19(29)16-18/h11-13,16,20-21,29,34H,6-10,14-15,17H2,1-5H3,(H,26,30)(H,27,32). The van der Waals surface area contributed by atoms with E-state index in [1.165, 1.54) is 17.0 Å². The lowest BCUT2D eigenvalue weighted by atomic mass is 10.0. The Morgan fingerprint density at radius 1 is 1.12 bits per heavy atom. The van der Waals surface area contributed by atoms with E-state index in [0.717, 1.165) is 25.7 Å². The molecule has 2 unspecified atom stereocenters. The SMILES string of the molecule is CCCCCN(C(=O)C(CS)NC(=O)OC(C)(C)C)C(C(=O)NCCCC)c1cccc(O)c1. The van der Waals surface area contributed by atoms with Crippen LogP contribution < -0.4 is 10.6 Å². The van der Waals surface area contributed by atoms with E-state index in [9.17, 15) is 19.5 Å². The zero-order valence-corrected chi connectivity index (χ0v) is 22.0. The van der Waals surface area contributed by atoms with Crippen LogP contribution in [0.2, 0.25) is 0 Å². The Morgan fingerprint density at radius 3 is 2.35 bits per heavy atom. The molecule has 0 radical (unpaired) electrons. The van der Waals surface area contributed by atoms with Crippen LogP contribution in [0.3, 0.4) is 0 Å². The third-order valence-electron chi connectivity index (χ3n) is 5.03. The molecule has 9 heteroatoms. The van der Waals surface area contributed by atoms with Crippen LogP contribution in [-0.4, -0.2) is 58.4 Å². The van der Waals surface area contributed by atoms with E-state index in [2.05, 4.69) is 30.2 Å². The first kappa shape index (κ1) is 29.6. The first-order valence-electron chi connectivity index (χ1n) is 12.0. The molecule has 1 aromatic rings. The summed E-state index contributed by atoms with van der Waals surface area (Å²) < 4.78 is 5.31. The number of amides is 3. The molecule has 0 spiro atoms. The van der Waals surface area contributed by atoms with E-state index in [-0.39, 0.29) is 17.4 Å². The first-order valence-corrected chi connectivity index (χ1v) is 12.6. The number of unbranched alkanes of at least 4 members (excludes halogenated alkanes) is 3. The average Bonchev–Trinajstić information content (AvgIpc) is 2.75. The maximum atomic E-state index is 13.7. The second-order valence-electron chi connectivity index (χ2n) is 9.26. The number of alkyl carbamates (subject to hydrolysis) is 1. The second-order valence-corrected chi connectivity index (χ2v) is 9.63. The summed E-state index contributed by atoms with van der Waals surface area (Å²) in [5, 5.41) is 15.6. The van der Waals surface area contributed by atoms with Crippen LogP contribution in [-0.2, 0) is 14.3 Å². The Balaban J connectivity index is 3.32. The highest BCUT2D eigenvalue weighted by molar-refractivity contribution is 7.80. The number of carbonyl (C=O) groups is 3. The van der Waals surface area contributed by atoms with Crippen molar-refractivity contribution >= 4 is 30.5 Å². The van der Waals surface area contributed by atoms with E-state index in [4.69, 9.17) is 4.74 Å². The van der Waals surface area contributed by atoms with Crippen molar-refractivity contribution in [2.75, 3.05) is 18.8 Å². The molecule has 0 aliphatic carbocycles. The minimum Gasteiger partial charge on any atom is -0.508 e. The summed E-state index contributed by atoms with van der Waals surface area (Å²) in [4.78, 5) is 40.8. The van der Waals surface area contributed by atoms with Gasteiger partial charge in [0, 0.05) is 18.8 Å². The van der Waals surface area contributed by atoms with Crippen LogP contribution in [0.5, 0.6) is 5.75 Å². The third kappa shape index (κ3) is 10.2. The maximum absolute atomic E-state index is 13.7. The largest absolute Gasteiger partial charge is 0.508 e. The molecule has 34 heavy (non-hydrogen) atoms. The molecule has 3 N–H and O–H groups in total. The van der Waals surface area contributed by atoms with Gasteiger partial charge in [0.2, 0.25) is 11.8 Å². The van der Waals surface area contributed by atoms with Crippen molar-refractivity contribution in [3.8, 4) is 5.75 Å². The van der Waals surface area contributed by atoms with E-state index in [1.54, 1.807) is 32.9 Å². The number of nitrogens with zero attached hydrogens (tertiary/aromatic N) is 1. The molecule has 0 heterocycles. The topological polar surface area (TPSA) is 108 Å². The molecule has 192 valence electrons. The van der Waals surface area contributed by atoms with Gasteiger partial charge in [-0.25, -0.2) is 4.79 Å². The molecule has 8 nitrogen and oxygen atoms in total. The van der Waals surface area contributed by atoms with E-state index in [0.29, 0.717) is 25.1 Å². The van der Waals surface area contributed by atoms with Gasteiger partial charge in [-0.2, -0.15) is 12.6 Å². The minimum atomic E-state index is -0.983. The van der Waals surface area contributed by atoms with Gasteiger partial charge in [-0.3, -0.25) is 9.59 Å². The fourth-order valence-corrected chi connectivity index (χ4v) is 3.63. The molecule has 0 fully saturated rings. The van der Waals surface area contributed by atoms with Gasteiger partial charge in [0.1, 0.15) is 23.4 Å². The molecule has 0 saturated carbocycles. The number of phenolic OH excluding ortho intramolecular Hbond substituents is 1. The predicted octanol–water partition coefficient (Wildman–Crippen LogP) is 4.19. The molecule has 1 aromatic carbocycles. The van der Waals surface area contributed by atoms with Crippen LogP contribution in [0.15, 0.2) is 24.3 Å². The third-order valence-corrected chi connectivity index (χ3v) is 5.40. The van der Waals surface area contributed by atoms with Crippen LogP contribution in [0.1, 0.15) is 78.3 Å². The molecule has 0 saturated heterocycles. The van der Waals surface area contributed by atoms with Crippen molar-refractivity contribution in [2.45, 2.75) is 84.4 Å². The number of phenols is 1. The lowest BCUT2D eigenvalue weighted by molar-refractivity contribution is -0.142. The number of hydrogen-bond donors (Lipinski definition) is 4. The highest BCUT2D eigenvalue weighted by atomic mass is 32.1. The monoisotopic (exact) mass is 495 g/mol. The molecule has 0 bridgehead atoms. The summed E-state index contributed by atoms with van der Waals surface area (Å²) in [6, 6.07) is 4.40. The van der Waals surface area contributed by atoms with Crippen molar-refractivity contribution in [1.29, 1.82) is 0 Å². The summed E-state index contributed by atoms with van der Waals surface area (Å²) in [5.41, 5.74) is -0.229. The molecule has 2 atom stereocenters. The lowest BCUT2D eigenvalue weighted by Crippen LogP contribution is -2.54. The van der Waals surface area contributed by atoms with Crippen LogP contribution in [0, 0.1) is 0 Å². The second kappa shape index (κ2) is 14.8. The summed E-state index contributed by atoms with van der Waals surface area (Å²) in [6.07, 6.45) is 3.49. The Kier molecular flexibility index (Phi) is 12.9. The smallest absolute Gasteiger partial charge is 0.408 e. The van der Waals surface area contributed by atoms with Crippen molar-refractivity contribution in [3.63, 3.8) is 0 Å². The molecular formula is C25H41N3O5S. The van der Waals surface area contributed by atoms with Crippen LogP contribution in [0.25, 0.3) is 0 Å². The predicted molar refractivity (Wildman–Crippen MR) is 137 cm³/mol. The Hall–Kier alpha value is -2.42. The van der Waals surface area contributed by atoms with Gasteiger partial charge >= 0.3 is 6.09 Å². The number of nitrogens with one attached hydrogen (secondary N) is 2. The molecule has 1 rings (SSSR count). The Morgan fingerprint density at radius 2 is 1.79 bits per heavy atom. The number of rotatable bonds is 13. The number of thiol groups is 1. The van der Waals surface area contributed by atoms with Crippen LogP contribution in [0.4, 0.5) is 4.79 Å². The van der Waals surface area contributed by atoms with E-state index in [1.807, 2.05) is 6.92 Å². The number of benzene rings is 1. The van der Waals surface area contributed by atoms with Crippen molar-refractivity contribution in [3.05, 3.63) is 29.8 Å². The van der Waals surface area contributed by atoms with Crippen molar-refractivity contribution in [2.24, 2.45) is 0 Å².